The van der Waals surface area contributed by atoms with E-state index in [9.17, 15) is 0 Å². The minimum absolute atomic E-state index is 0.738. The lowest BCUT2D eigenvalue weighted by Gasteiger charge is -2.03. The van der Waals surface area contributed by atoms with Crippen molar-refractivity contribution in [1.29, 1.82) is 0 Å². The monoisotopic (exact) mass is 300 g/mol. The number of aromatic nitrogens is 3. The minimum atomic E-state index is 0.738. The van der Waals surface area contributed by atoms with E-state index in [0.29, 0.717) is 0 Å². The van der Waals surface area contributed by atoms with E-state index >= 15 is 0 Å². The first kappa shape index (κ1) is 11.8. The van der Waals surface area contributed by atoms with Crippen molar-refractivity contribution in [3.63, 3.8) is 0 Å². The van der Waals surface area contributed by atoms with Crippen LogP contribution in [0.3, 0.4) is 0 Å². The molecule has 6 heteroatoms. The Morgan fingerprint density at radius 2 is 2.25 bits per heavy atom. The molecule has 0 aromatic carbocycles. The zero-order chi connectivity index (χ0) is 11.5. The molecule has 2 aromatic heterocycles. The molecule has 2 heterocycles. The molecule has 0 spiro atoms. The zero-order valence-electron chi connectivity index (χ0n) is 9.20. The van der Waals surface area contributed by atoms with E-state index in [1.54, 1.807) is 11.3 Å². The van der Waals surface area contributed by atoms with Crippen LogP contribution in [0.5, 0.6) is 0 Å². The fraction of sp³-hybridized carbons (Fsp3) is 0.400. The summed E-state index contributed by atoms with van der Waals surface area (Å²) in [7, 11) is 1.98. The topological polar surface area (TPSA) is 42.7 Å². The molecule has 0 aliphatic heterocycles. The molecule has 86 valence electrons. The van der Waals surface area contributed by atoms with Crippen molar-refractivity contribution in [3.05, 3.63) is 32.4 Å². The summed E-state index contributed by atoms with van der Waals surface area (Å²) in [6.07, 6.45) is 0. The molecule has 0 aliphatic carbocycles. The molecule has 0 radical (unpaired) electrons. The average molecular weight is 301 g/mol. The lowest BCUT2D eigenvalue weighted by molar-refractivity contribution is 0.638. The number of thiophene rings is 1. The average Bonchev–Trinajstić information content (AvgIpc) is 2.80. The van der Waals surface area contributed by atoms with Crippen molar-refractivity contribution in [3.8, 4) is 0 Å². The second kappa shape index (κ2) is 5.07. The molecule has 0 saturated heterocycles. The quantitative estimate of drug-likeness (QED) is 0.942. The standard InChI is InChI=1S/C10H13BrN4S/c1-7-13-14-10(15(7)2)6-12-5-9-8(11)3-4-16-9/h3-4,12H,5-6H2,1-2H3. The first-order chi connectivity index (χ1) is 7.68. The number of nitrogens with zero attached hydrogens (tertiary/aromatic N) is 3. The molecule has 0 fully saturated rings. The molecule has 0 saturated carbocycles. The van der Waals surface area contributed by atoms with E-state index in [-0.39, 0.29) is 0 Å². The van der Waals surface area contributed by atoms with Gasteiger partial charge in [-0.15, -0.1) is 21.5 Å². The van der Waals surface area contributed by atoms with Gasteiger partial charge < -0.3 is 9.88 Å². The largest absolute Gasteiger partial charge is 0.317 e. The van der Waals surface area contributed by atoms with Gasteiger partial charge in [-0.05, 0) is 34.3 Å². The van der Waals surface area contributed by atoms with E-state index < -0.39 is 0 Å². The van der Waals surface area contributed by atoms with Gasteiger partial charge >= 0.3 is 0 Å². The summed E-state index contributed by atoms with van der Waals surface area (Å²) in [5, 5.41) is 13.5. The Bertz CT molecular complexity index is 477. The third-order valence-electron chi connectivity index (χ3n) is 2.44. The number of aryl methyl sites for hydroxylation is 1. The van der Waals surface area contributed by atoms with E-state index in [4.69, 9.17) is 0 Å². The van der Waals surface area contributed by atoms with Crippen molar-refractivity contribution in [2.24, 2.45) is 7.05 Å². The Balaban J connectivity index is 1.89. The first-order valence-corrected chi connectivity index (χ1v) is 6.63. The van der Waals surface area contributed by atoms with Crippen LogP contribution in [0.2, 0.25) is 0 Å². The van der Waals surface area contributed by atoms with Gasteiger partial charge in [0.05, 0.1) is 6.54 Å². The predicted octanol–water partition coefficient (Wildman–Crippen LogP) is 2.24. The number of halogens is 1. The van der Waals surface area contributed by atoms with Crippen LogP contribution in [0, 0.1) is 6.92 Å². The van der Waals surface area contributed by atoms with Gasteiger partial charge in [0.2, 0.25) is 0 Å². The van der Waals surface area contributed by atoms with Gasteiger partial charge in [-0.3, -0.25) is 0 Å². The van der Waals surface area contributed by atoms with Crippen LogP contribution >= 0.6 is 27.3 Å². The fourth-order valence-electron chi connectivity index (χ4n) is 1.34. The van der Waals surface area contributed by atoms with Gasteiger partial charge in [0.1, 0.15) is 11.6 Å². The van der Waals surface area contributed by atoms with Crippen molar-refractivity contribution in [1.82, 2.24) is 20.1 Å². The van der Waals surface area contributed by atoms with Crippen LogP contribution in [0.4, 0.5) is 0 Å². The number of hydrogen-bond acceptors (Lipinski definition) is 4. The van der Waals surface area contributed by atoms with E-state index in [1.807, 2.05) is 18.5 Å². The maximum absolute atomic E-state index is 4.10. The summed E-state index contributed by atoms with van der Waals surface area (Å²) >= 11 is 5.25. The van der Waals surface area contributed by atoms with Crippen LogP contribution in [0.25, 0.3) is 0 Å². The lowest BCUT2D eigenvalue weighted by Crippen LogP contribution is -2.15. The highest BCUT2D eigenvalue weighted by molar-refractivity contribution is 9.10. The van der Waals surface area contributed by atoms with E-state index in [0.717, 1.165) is 24.7 Å². The van der Waals surface area contributed by atoms with Gasteiger partial charge in [-0.1, -0.05) is 0 Å². The molecule has 2 aromatic rings. The number of nitrogens with one attached hydrogen (secondary N) is 1. The zero-order valence-corrected chi connectivity index (χ0v) is 11.6. The molecular weight excluding hydrogens is 288 g/mol. The molecule has 0 bridgehead atoms. The molecule has 0 unspecified atom stereocenters. The van der Waals surface area contributed by atoms with Crippen LogP contribution in [-0.2, 0) is 20.1 Å². The highest BCUT2D eigenvalue weighted by Crippen LogP contribution is 2.22. The summed E-state index contributed by atoms with van der Waals surface area (Å²) in [4.78, 5) is 1.30. The van der Waals surface area contributed by atoms with Gasteiger partial charge in [0, 0.05) is 22.9 Å². The Morgan fingerprint density at radius 3 is 2.81 bits per heavy atom. The second-order valence-electron chi connectivity index (χ2n) is 3.52. The van der Waals surface area contributed by atoms with Gasteiger partial charge in [-0.25, -0.2) is 0 Å². The van der Waals surface area contributed by atoms with E-state index in [2.05, 4.69) is 42.9 Å². The molecule has 4 nitrogen and oxygen atoms in total. The van der Waals surface area contributed by atoms with Crippen molar-refractivity contribution >= 4 is 27.3 Å². The highest BCUT2D eigenvalue weighted by Gasteiger charge is 2.05. The van der Waals surface area contributed by atoms with Crippen LogP contribution < -0.4 is 5.32 Å². The third-order valence-corrected chi connectivity index (χ3v) is 4.37. The Hall–Kier alpha value is -0.720. The first-order valence-electron chi connectivity index (χ1n) is 4.96. The van der Waals surface area contributed by atoms with Crippen molar-refractivity contribution < 1.29 is 0 Å². The summed E-state index contributed by atoms with van der Waals surface area (Å²) in [6, 6.07) is 2.06. The summed E-state index contributed by atoms with van der Waals surface area (Å²) in [5.74, 6) is 1.90. The van der Waals surface area contributed by atoms with Gasteiger partial charge in [0.15, 0.2) is 0 Å². The van der Waals surface area contributed by atoms with Crippen LogP contribution in [-0.4, -0.2) is 14.8 Å². The smallest absolute Gasteiger partial charge is 0.146 e. The van der Waals surface area contributed by atoms with Crippen LogP contribution in [0.1, 0.15) is 16.5 Å². The molecule has 16 heavy (non-hydrogen) atoms. The predicted molar refractivity (Wildman–Crippen MR) is 68.3 cm³/mol. The fourth-order valence-corrected chi connectivity index (χ4v) is 2.81. The SMILES string of the molecule is Cc1nnc(CNCc2sccc2Br)n1C. The third kappa shape index (κ3) is 2.50. The minimum Gasteiger partial charge on any atom is -0.317 e. The van der Waals surface area contributed by atoms with Crippen molar-refractivity contribution in [2.45, 2.75) is 20.0 Å². The Morgan fingerprint density at radius 1 is 1.44 bits per heavy atom. The maximum Gasteiger partial charge on any atom is 0.146 e. The van der Waals surface area contributed by atoms with Crippen LogP contribution in [0.15, 0.2) is 15.9 Å². The van der Waals surface area contributed by atoms with E-state index in [1.165, 1.54) is 9.35 Å². The lowest BCUT2D eigenvalue weighted by atomic mass is 10.4. The molecular formula is C10H13BrN4S. The Kier molecular flexibility index (Phi) is 3.73. The maximum atomic E-state index is 4.10. The molecule has 0 amide bonds. The molecule has 0 atom stereocenters. The molecule has 2 rings (SSSR count). The Labute approximate surface area is 107 Å². The summed E-state index contributed by atoms with van der Waals surface area (Å²) in [5.41, 5.74) is 0. The summed E-state index contributed by atoms with van der Waals surface area (Å²) in [6.45, 7) is 3.54. The highest BCUT2D eigenvalue weighted by atomic mass is 79.9. The number of hydrogen-bond donors (Lipinski definition) is 1. The summed E-state index contributed by atoms with van der Waals surface area (Å²) < 4.78 is 3.16. The van der Waals surface area contributed by atoms with Gasteiger partial charge in [0.25, 0.3) is 0 Å². The normalized spacial score (nSPS) is 10.9. The van der Waals surface area contributed by atoms with Crippen molar-refractivity contribution in [2.75, 3.05) is 0 Å². The number of rotatable bonds is 4. The molecule has 0 aliphatic rings. The second-order valence-corrected chi connectivity index (χ2v) is 5.37. The van der Waals surface area contributed by atoms with Gasteiger partial charge in [-0.2, -0.15) is 0 Å². The molecule has 1 N–H and O–H groups in total.